The molecule has 0 radical (unpaired) electrons. The van der Waals surface area contributed by atoms with Crippen LogP contribution in [0, 0.1) is 19.8 Å². The third-order valence-corrected chi connectivity index (χ3v) is 6.13. The fourth-order valence-corrected chi connectivity index (χ4v) is 4.12. The Kier molecular flexibility index (Phi) is 6.01. The minimum Gasteiger partial charge on any atom is -0.379 e. The van der Waals surface area contributed by atoms with E-state index in [2.05, 4.69) is 11.4 Å². The van der Waals surface area contributed by atoms with Gasteiger partial charge in [-0.1, -0.05) is 29.3 Å². The molecule has 0 saturated carbocycles. The van der Waals surface area contributed by atoms with Crippen LogP contribution in [0.25, 0.3) is 0 Å². The van der Waals surface area contributed by atoms with Gasteiger partial charge in [0.1, 0.15) is 0 Å². The minimum atomic E-state index is -3.32. The molecule has 1 saturated heterocycles. The first-order valence-corrected chi connectivity index (χ1v) is 9.63. The van der Waals surface area contributed by atoms with Crippen LogP contribution in [0.5, 0.6) is 0 Å². The molecule has 1 heterocycles. The topological polar surface area (TPSA) is 75.7 Å². The molecule has 7 heteroatoms. The molecule has 24 heavy (non-hydrogen) atoms. The number of nitrogens with zero attached hydrogens (tertiary/aromatic N) is 1. The Morgan fingerprint density at radius 3 is 2.42 bits per heavy atom. The predicted molar refractivity (Wildman–Crippen MR) is 93.3 cm³/mol. The van der Waals surface area contributed by atoms with E-state index < -0.39 is 10.0 Å². The molecule has 134 valence electrons. The average Bonchev–Trinajstić information content (AvgIpc) is 2.83. The molecule has 1 aromatic rings. The number of hydrogen-bond acceptors (Lipinski definition) is 4. The number of ether oxygens (including phenoxy) is 1. The molecule has 0 spiro atoms. The van der Waals surface area contributed by atoms with E-state index in [1.165, 1.54) is 18.4 Å². The zero-order chi connectivity index (χ0) is 17.9. The van der Waals surface area contributed by atoms with Gasteiger partial charge in [-0.3, -0.25) is 4.79 Å². The summed E-state index contributed by atoms with van der Waals surface area (Å²) in [6, 6.07) is 5.78. The fraction of sp³-hybridized carbons (Fsp3) is 0.588. The molecule has 1 fully saturated rings. The summed E-state index contributed by atoms with van der Waals surface area (Å²) in [5.41, 5.74) is 3.20. The first-order chi connectivity index (χ1) is 11.2. The number of hydrogen-bond donors (Lipinski definition) is 1. The maximum atomic E-state index is 12.3. The van der Waals surface area contributed by atoms with Crippen LogP contribution in [0.1, 0.15) is 16.7 Å². The number of sulfonamides is 1. The number of rotatable bonds is 6. The zero-order valence-corrected chi connectivity index (χ0v) is 15.5. The van der Waals surface area contributed by atoms with Crippen molar-refractivity contribution in [3.8, 4) is 0 Å². The number of nitrogens with one attached hydrogen (secondary N) is 1. The Balaban J connectivity index is 1.97. The second kappa shape index (κ2) is 7.63. The molecule has 1 aromatic carbocycles. The lowest BCUT2D eigenvalue weighted by Crippen LogP contribution is -2.44. The molecule has 2 atom stereocenters. The molecule has 0 unspecified atom stereocenters. The van der Waals surface area contributed by atoms with Crippen molar-refractivity contribution in [2.45, 2.75) is 26.3 Å². The smallest absolute Gasteiger partial charge is 0.224 e. The van der Waals surface area contributed by atoms with Crippen molar-refractivity contribution in [3.05, 3.63) is 34.9 Å². The zero-order valence-electron chi connectivity index (χ0n) is 14.7. The van der Waals surface area contributed by atoms with Gasteiger partial charge < -0.3 is 10.1 Å². The van der Waals surface area contributed by atoms with E-state index in [0.717, 1.165) is 16.7 Å². The lowest BCUT2D eigenvalue weighted by Gasteiger charge is -2.21. The molecule has 2 rings (SSSR count). The highest BCUT2D eigenvalue weighted by molar-refractivity contribution is 7.89. The summed E-state index contributed by atoms with van der Waals surface area (Å²) in [6.07, 6.45) is 0.284. The van der Waals surface area contributed by atoms with E-state index in [9.17, 15) is 13.2 Å². The van der Waals surface area contributed by atoms with E-state index in [4.69, 9.17) is 4.74 Å². The Morgan fingerprint density at radius 1 is 1.21 bits per heavy atom. The monoisotopic (exact) mass is 354 g/mol. The summed E-state index contributed by atoms with van der Waals surface area (Å²) in [5, 5.41) is 2.93. The number of aryl methyl sites for hydroxylation is 2. The molecular weight excluding hydrogens is 328 g/mol. The fourth-order valence-electron chi connectivity index (χ4n) is 2.96. The van der Waals surface area contributed by atoms with E-state index in [1.807, 2.05) is 26.0 Å². The van der Waals surface area contributed by atoms with Crippen LogP contribution in [-0.2, 0) is 26.0 Å². The van der Waals surface area contributed by atoms with Crippen LogP contribution in [-0.4, -0.2) is 57.7 Å². The van der Waals surface area contributed by atoms with Crippen LogP contribution in [0.4, 0.5) is 0 Å². The maximum absolute atomic E-state index is 12.3. The van der Waals surface area contributed by atoms with Crippen molar-refractivity contribution in [1.82, 2.24) is 9.62 Å². The SMILES string of the molecule is Cc1cc(C)cc(CC(=O)N[C@H]2COC[C@H]2CS(=O)(=O)N(C)C)c1. The first-order valence-electron chi connectivity index (χ1n) is 8.02. The number of carbonyl (C=O) groups excluding carboxylic acids is 1. The highest BCUT2D eigenvalue weighted by Gasteiger charge is 2.34. The lowest BCUT2D eigenvalue weighted by molar-refractivity contribution is -0.121. The van der Waals surface area contributed by atoms with Gasteiger partial charge in [0.2, 0.25) is 15.9 Å². The van der Waals surface area contributed by atoms with Gasteiger partial charge in [0.15, 0.2) is 0 Å². The van der Waals surface area contributed by atoms with E-state index >= 15 is 0 Å². The van der Waals surface area contributed by atoms with Gasteiger partial charge in [0.05, 0.1) is 31.4 Å². The summed E-state index contributed by atoms with van der Waals surface area (Å²) in [7, 11) is -0.293. The van der Waals surface area contributed by atoms with Gasteiger partial charge in [-0.2, -0.15) is 0 Å². The molecule has 1 aliphatic rings. The minimum absolute atomic E-state index is 0.0193. The Hall–Kier alpha value is -1.44. The maximum Gasteiger partial charge on any atom is 0.224 e. The third-order valence-electron chi connectivity index (χ3n) is 4.17. The van der Waals surface area contributed by atoms with Crippen molar-refractivity contribution < 1.29 is 17.9 Å². The number of amides is 1. The molecule has 1 aliphatic heterocycles. The van der Waals surface area contributed by atoms with Crippen molar-refractivity contribution in [2.24, 2.45) is 5.92 Å². The van der Waals surface area contributed by atoms with Crippen molar-refractivity contribution in [1.29, 1.82) is 0 Å². The van der Waals surface area contributed by atoms with E-state index in [0.29, 0.717) is 13.2 Å². The van der Waals surface area contributed by atoms with Crippen molar-refractivity contribution >= 4 is 15.9 Å². The highest BCUT2D eigenvalue weighted by Crippen LogP contribution is 2.18. The molecule has 1 amide bonds. The second-order valence-corrected chi connectivity index (χ2v) is 8.93. The van der Waals surface area contributed by atoms with Gasteiger partial charge >= 0.3 is 0 Å². The van der Waals surface area contributed by atoms with Gasteiger partial charge in [-0.05, 0) is 19.4 Å². The predicted octanol–water partition coefficient (Wildman–Crippen LogP) is 0.869. The lowest BCUT2D eigenvalue weighted by atomic mass is 10.0. The highest BCUT2D eigenvalue weighted by atomic mass is 32.2. The van der Waals surface area contributed by atoms with E-state index in [1.54, 1.807) is 0 Å². The summed E-state index contributed by atoms with van der Waals surface area (Å²) < 4.78 is 30.7. The molecule has 0 aliphatic carbocycles. The van der Waals surface area contributed by atoms with Gasteiger partial charge in [0, 0.05) is 20.0 Å². The van der Waals surface area contributed by atoms with Crippen molar-refractivity contribution in [2.75, 3.05) is 33.1 Å². The van der Waals surface area contributed by atoms with Crippen LogP contribution in [0.2, 0.25) is 0 Å². The molecular formula is C17H26N2O4S. The molecule has 1 N–H and O–H groups in total. The van der Waals surface area contributed by atoms with Crippen LogP contribution in [0.15, 0.2) is 18.2 Å². The Labute approximate surface area is 144 Å². The summed E-state index contributed by atoms with van der Waals surface area (Å²) in [4.78, 5) is 12.3. The Bertz CT molecular complexity index is 680. The molecule has 0 bridgehead atoms. The van der Waals surface area contributed by atoms with Crippen LogP contribution < -0.4 is 5.32 Å². The number of carbonyl (C=O) groups is 1. The molecule has 0 aromatic heterocycles. The standard InChI is InChI=1S/C17H26N2O4S/c1-12-5-13(2)7-14(6-12)8-17(20)18-16-10-23-9-15(16)11-24(21,22)19(3)4/h5-7,15-16H,8-11H2,1-4H3,(H,18,20)/t15-,16-/m0/s1. The van der Waals surface area contributed by atoms with Crippen molar-refractivity contribution in [3.63, 3.8) is 0 Å². The second-order valence-electron chi connectivity index (χ2n) is 6.71. The van der Waals surface area contributed by atoms with Gasteiger partial charge in [-0.25, -0.2) is 12.7 Å². The Morgan fingerprint density at radius 2 is 1.83 bits per heavy atom. The first kappa shape index (κ1) is 18.9. The largest absolute Gasteiger partial charge is 0.379 e. The van der Waals surface area contributed by atoms with Crippen LogP contribution in [0.3, 0.4) is 0 Å². The number of benzene rings is 1. The summed E-state index contributed by atoms with van der Waals surface area (Å²) in [5.74, 6) is -0.350. The summed E-state index contributed by atoms with van der Waals surface area (Å²) >= 11 is 0. The third kappa shape index (κ3) is 5.03. The summed E-state index contributed by atoms with van der Waals surface area (Å²) in [6.45, 7) is 4.70. The van der Waals surface area contributed by atoms with E-state index in [-0.39, 0.29) is 30.0 Å². The molecule has 6 nitrogen and oxygen atoms in total. The average molecular weight is 354 g/mol. The van der Waals surface area contributed by atoms with Crippen LogP contribution >= 0.6 is 0 Å². The van der Waals surface area contributed by atoms with Gasteiger partial charge in [-0.15, -0.1) is 0 Å². The van der Waals surface area contributed by atoms with Gasteiger partial charge in [0.25, 0.3) is 0 Å². The quantitative estimate of drug-likeness (QED) is 0.822. The normalized spacial score (nSPS) is 21.2.